The molecule has 0 amide bonds. The summed E-state index contributed by atoms with van der Waals surface area (Å²) < 4.78 is 46.3. The van der Waals surface area contributed by atoms with Gasteiger partial charge in [-0.05, 0) is 64.6 Å². The number of phenolic OH excluding ortho intramolecular Hbond substituents is 1. The van der Waals surface area contributed by atoms with Crippen molar-refractivity contribution in [1.82, 2.24) is 0 Å². The van der Waals surface area contributed by atoms with Crippen molar-refractivity contribution >= 4 is 18.0 Å². The second-order valence-corrected chi connectivity index (χ2v) is 9.91. The van der Waals surface area contributed by atoms with Crippen LogP contribution in [0.15, 0.2) is 114 Å². The number of esters is 1. The van der Waals surface area contributed by atoms with Crippen molar-refractivity contribution in [2.24, 2.45) is 10.9 Å². The molecule has 1 N–H and O–H groups in total. The average Bonchev–Trinajstić information content (AvgIpc) is 3.51. The lowest BCUT2D eigenvalue weighted by Crippen LogP contribution is -2.47. The van der Waals surface area contributed by atoms with Gasteiger partial charge in [-0.1, -0.05) is 78.9 Å². The lowest BCUT2D eigenvalue weighted by Gasteiger charge is -2.31. The first-order valence-electron chi connectivity index (χ1n) is 13.1. The Hall–Kier alpha value is -4.98. The monoisotopic (exact) mass is 569 g/mol. The van der Waals surface area contributed by atoms with Crippen molar-refractivity contribution in [3.05, 3.63) is 126 Å². The van der Waals surface area contributed by atoms with Crippen LogP contribution in [0.25, 0.3) is 22.3 Å². The fraction of sp³-hybridized carbons (Fsp3) is 0.147. The molecule has 0 saturated heterocycles. The Balaban J connectivity index is 1.54. The number of hydrogen-bond donors (Lipinski definition) is 1. The summed E-state index contributed by atoms with van der Waals surface area (Å²) in [6, 6.07) is 25.9. The molecule has 2 atom stereocenters. The van der Waals surface area contributed by atoms with E-state index in [2.05, 4.69) is 4.99 Å². The standard InChI is InChI=1S/C34H26F3NO4/c1-42-32(41)29(20-22-12-14-24(15-13-22)23-8-3-2-4-9-23)33(18-7-19-38-33)31(40)27-21-25(16-17-30(27)39)26-10-5-6-11-28(26)34(35,36)37/h2-19,21,29,39H,20H2,1H3. The molecule has 4 aromatic carbocycles. The number of halogens is 3. The maximum absolute atomic E-state index is 14.2. The molecule has 0 radical (unpaired) electrons. The van der Waals surface area contributed by atoms with Gasteiger partial charge in [-0.25, -0.2) is 0 Å². The summed E-state index contributed by atoms with van der Waals surface area (Å²) in [4.78, 5) is 31.8. The molecule has 0 spiro atoms. The molecule has 0 aliphatic carbocycles. The molecule has 5 nitrogen and oxygen atoms in total. The average molecular weight is 570 g/mol. The molecule has 0 bridgehead atoms. The van der Waals surface area contributed by atoms with Gasteiger partial charge in [0.2, 0.25) is 0 Å². The van der Waals surface area contributed by atoms with Crippen molar-refractivity contribution in [3.8, 4) is 28.0 Å². The van der Waals surface area contributed by atoms with Crippen molar-refractivity contribution in [2.45, 2.75) is 18.1 Å². The molecular weight excluding hydrogens is 543 g/mol. The predicted octanol–water partition coefficient (Wildman–Crippen LogP) is 7.34. The van der Waals surface area contributed by atoms with Crippen LogP contribution in [0.5, 0.6) is 5.75 Å². The molecule has 1 aliphatic heterocycles. The number of carbonyl (C=O) groups excluding carboxylic acids is 2. The maximum atomic E-state index is 14.2. The highest BCUT2D eigenvalue weighted by atomic mass is 19.4. The number of alkyl halides is 3. The number of methoxy groups -OCH3 is 1. The zero-order valence-corrected chi connectivity index (χ0v) is 22.5. The van der Waals surface area contributed by atoms with Crippen LogP contribution < -0.4 is 0 Å². The zero-order valence-electron chi connectivity index (χ0n) is 22.5. The van der Waals surface area contributed by atoms with Gasteiger partial charge in [-0.2, -0.15) is 13.2 Å². The molecule has 0 saturated carbocycles. The minimum Gasteiger partial charge on any atom is -0.507 e. The van der Waals surface area contributed by atoms with Gasteiger partial charge in [0, 0.05) is 6.21 Å². The maximum Gasteiger partial charge on any atom is 0.417 e. The van der Waals surface area contributed by atoms with E-state index < -0.39 is 40.7 Å². The van der Waals surface area contributed by atoms with E-state index in [9.17, 15) is 27.9 Å². The molecule has 42 heavy (non-hydrogen) atoms. The summed E-state index contributed by atoms with van der Waals surface area (Å²) in [5, 5.41) is 10.7. The van der Waals surface area contributed by atoms with E-state index in [0.717, 1.165) is 22.8 Å². The summed E-state index contributed by atoms with van der Waals surface area (Å²) in [6.45, 7) is 0. The summed E-state index contributed by atoms with van der Waals surface area (Å²) in [5.41, 5.74) is -0.270. The number of hydrogen-bond acceptors (Lipinski definition) is 5. The Labute approximate surface area is 240 Å². The molecular formula is C34H26F3NO4. The van der Waals surface area contributed by atoms with Gasteiger partial charge < -0.3 is 9.84 Å². The first kappa shape index (κ1) is 28.5. The van der Waals surface area contributed by atoms with Crippen molar-refractivity contribution in [2.75, 3.05) is 7.11 Å². The largest absolute Gasteiger partial charge is 0.507 e. The molecule has 0 fully saturated rings. The second-order valence-electron chi connectivity index (χ2n) is 9.91. The fourth-order valence-corrected chi connectivity index (χ4v) is 5.24. The molecule has 212 valence electrons. The number of ether oxygens (including phenoxy) is 1. The van der Waals surface area contributed by atoms with Crippen molar-refractivity contribution in [3.63, 3.8) is 0 Å². The second kappa shape index (κ2) is 11.5. The predicted molar refractivity (Wildman–Crippen MR) is 154 cm³/mol. The SMILES string of the molecule is COC(=O)C(Cc1ccc(-c2ccccc2)cc1)C1(C(=O)c2cc(-c3ccccc3C(F)(F)F)ccc2O)C=CC=N1. The first-order chi connectivity index (χ1) is 20.1. The van der Waals surface area contributed by atoms with E-state index in [4.69, 9.17) is 4.74 Å². The topological polar surface area (TPSA) is 76.0 Å². The number of aromatic hydroxyl groups is 1. The van der Waals surface area contributed by atoms with Crippen LogP contribution in [0.4, 0.5) is 13.2 Å². The van der Waals surface area contributed by atoms with Crippen molar-refractivity contribution < 1.29 is 32.6 Å². The van der Waals surface area contributed by atoms with Crippen LogP contribution in [0.3, 0.4) is 0 Å². The number of carbonyl (C=O) groups is 2. The smallest absolute Gasteiger partial charge is 0.417 e. The highest BCUT2D eigenvalue weighted by molar-refractivity contribution is 6.11. The molecule has 1 aliphatic rings. The molecule has 1 heterocycles. The van der Waals surface area contributed by atoms with E-state index in [0.29, 0.717) is 0 Å². The molecule has 8 heteroatoms. The van der Waals surface area contributed by atoms with Crippen LogP contribution in [0.1, 0.15) is 21.5 Å². The van der Waals surface area contributed by atoms with Gasteiger partial charge in [-0.15, -0.1) is 0 Å². The Bertz CT molecular complexity index is 1660. The van der Waals surface area contributed by atoms with Crippen molar-refractivity contribution in [1.29, 1.82) is 0 Å². The van der Waals surface area contributed by atoms with Gasteiger partial charge in [0.25, 0.3) is 0 Å². The van der Waals surface area contributed by atoms with Gasteiger partial charge in [0.05, 0.1) is 24.2 Å². The Morgan fingerprint density at radius 1 is 0.881 bits per heavy atom. The number of ketones is 1. The number of benzene rings is 4. The molecule has 0 aromatic heterocycles. The zero-order chi connectivity index (χ0) is 29.9. The number of phenols is 1. The van der Waals surface area contributed by atoms with Crippen LogP contribution in [-0.2, 0) is 22.1 Å². The normalized spacial score (nSPS) is 16.8. The number of allylic oxidation sites excluding steroid dienone is 1. The van der Waals surface area contributed by atoms with E-state index in [1.807, 2.05) is 54.6 Å². The fourth-order valence-electron chi connectivity index (χ4n) is 5.24. The minimum absolute atomic E-state index is 0.0759. The Kier molecular flexibility index (Phi) is 7.81. The van der Waals surface area contributed by atoms with E-state index in [1.54, 1.807) is 0 Å². The van der Waals surface area contributed by atoms with E-state index >= 15 is 0 Å². The summed E-state index contributed by atoms with van der Waals surface area (Å²) in [6.07, 6.45) is -0.194. The molecule has 4 aromatic rings. The highest BCUT2D eigenvalue weighted by Gasteiger charge is 2.50. The van der Waals surface area contributed by atoms with E-state index in [-0.39, 0.29) is 23.1 Å². The highest BCUT2D eigenvalue weighted by Crippen LogP contribution is 2.41. The van der Waals surface area contributed by atoms with Gasteiger partial charge in [0.15, 0.2) is 11.3 Å². The third-order valence-corrected chi connectivity index (χ3v) is 7.39. The lowest BCUT2D eigenvalue weighted by atomic mass is 9.75. The van der Waals surface area contributed by atoms with Crippen LogP contribution in [-0.4, -0.2) is 35.7 Å². The summed E-state index contributed by atoms with van der Waals surface area (Å²) >= 11 is 0. The number of aliphatic imine (C=N–C) groups is 1. The number of rotatable bonds is 8. The Morgan fingerprint density at radius 2 is 1.52 bits per heavy atom. The quantitative estimate of drug-likeness (QED) is 0.178. The molecule has 5 rings (SSSR count). The number of Topliss-reactive ketones (excluding diaryl/α,β-unsaturated/α-hetero) is 1. The Morgan fingerprint density at radius 3 is 2.17 bits per heavy atom. The summed E-state index contributed by atoms with van der Waals surface area (Å²) in [5.74, 6) is -3.01. The minimum atomic E-state index is -4.63. The molecule has 2 unspecified atom stereocenters. The van der Waals surface area contributed by atoms with Crippen LogP contribution in [0.2, 0.25) is 0 Å². The van der Waals surface area contributed by atoms with Gasteiger partial charge >= 0.3 is 12.1 Å². The first-order valence-corrected chi connectivity index (χ1v) is 13.1. The van der Waals surface area contributed by atoms with Gasteiger partial charge in [-0.3, -0.25) is 14.6 Å². The number of nitrogens with zero attached hydrogens (tertiary/aromatic N) is 1. The van der Waals surface area contributed by atoms with Gasteiger partial charge in [0.1, 0.15) is 5.75 Å². The summed E-state index contributed by atoms with van der Waals surface area (Å²) in [7, 11) is 1.21. The van der Waals surface area contributed by atoms with Crippen LogP contribution >= 0.6 is 0 Å². The third-order valence-electron chi connectivity index (χ3n) is 7.39. The third kappa shape index (κ3) is 5.48. The van der Waals surface area contributed by atoms with E-state index in [1.165, 1.54) is 61.9 Å². The lowest BCUT2D eigenvalue weighted by molar-refractivity contribution is -0.146. The van der Waals surface area contributed by atoms with Crippen LogP contribution in [0, 0.1) is 5.92 Å².